The third kappa shape index (κ3) is 6.15. The molecule has 0 spiro atoms. The van der Waals surface area contributed by atoms with Crippen LogP contribution in [0.5, 0.6) is 11.5 Å². The van der Waals surface area contributed by atoms with Gasteiger partial charge >= 0.3 is 5.97 Å². The van der Waals surface area contributed by atoms with Gasteiger partial charge in [-0.15, -0.1) is 11.3 Å². The second-order valence-electron chi connectivity index (χ2n) is 7.28. The highest BCUT2D eigenvalue weighted by molar-refractivity contribution is 7.13. The van der Waals surface area contributed by atoms with Crippen LogP contribution in [0.4, 0.5) is 5.69 Å². The Morgan fingerprint density at radius 1 is 1.03 bits per heavy atom. The Bertz CT molecular complexity index is 1310. The van der Waals surface area contributed by atoms with Crippen molar-refractivity contribution in [2.24, 2.45) is 0 Å². The number of benzene rings is 2. The molecule has 2 heterocycles. The Balaban J connectivity index is 1.41. The maximum Gasteiger partial charge on any atom is 0.331 e. The van der Waals surface area contributed by atoms with Crippen molar-refractivity contribution in [3.63, 3.8) is 0 Å². The zero-order chi connectivity index (χ0) is 24.6. The SMILES string of the molecule is COc1cc(NC(=O)COC(=O)C=Cc2cn(-c3ccccc3)nc2-c2cccs2)cc(OC)c1. The van der Waals surface area contributed by atoms with E-state index in [4.69, 9.17) is 14.2 Å². The van der Waals surface area contributed by atoms with E-state index in [1.807, 2.05) is 54.0 Å². The van der Waals surface area contributed by atoms with Crippen molar-refractivity contribution in [1.82, 2.24) is 9.78 Å². The normalized spacial score (nSPS) is 10.8. The van der Waals surface area contributed by atoms with E-state index in [-0.39, 0.29) is 0 Å². The lowest BCUT2D eigenvalue weighted by Crippen LogP contribution is -2.20. The van der Waals surface area contributed by atoms with Gasteiger partial charge in [0, 0.05) is 41.7 Å². The molecule has 9 heteroatoms. The van der Waals surface area contributed by atoms with E-state index in [0.717, 1.165) is 21.8 Å². The lowest BCUT2D eigenvalue weighted by atomic mass is 10.2. The molecular formula is C26H23N3O5S. The van der Waals surface area contributed by atoms with Gasteiger partial charge in [-0.05, 0) is 29.7 Å². The number of esters is 1. The van der Waals surface area contributed by atoms with Gasteiger partial charge in [-0.25, -0.2) is 9.48 Å². The molecule has 0 aliphatic heterocycles. The first-order valence-electron chi connectivity index (χ1n) is 10.6. The number of hydrogen-bond donors (Lipinski definition) is 1. The molecule has 0 atom stereocenters. The number of ether oxygens (including phenoxy) is 3. The number of hydrogen-bond acceptors (Lipinski definition) is 7. The van der Waals surface area contributed by atoms with Crippen molar-refractivity contribution in [1.29, 1.82) is 0 Å². The maximum atomic E-state index is 12.3. The smallest absolute Gasteiger partial charge is 0.331 e. The standard InChI is InChI=1S/C26H23N3O5S/c1-32-21-13-19(14-22(15-21)33-2)27-24(30)17-34-25(31)11-10-18-16-29(20-7-4-3-5-8-20)28-26(18)23-9-6-12-35-23/h3-16H,17H2,1-2H3,(H,27,30). The van der Waals surface area contributed by atoms with Crippen molar-refractivity contribution >= 4 is 35.0 Å². The van der Waals surface area contributed by atoms with E-state index < -0.39 is 18.5 Å². The first-order valence-corrected chi connectivity index (χ1v) is 11.5. The van der Waals surface area contributed by atoms with Gasteiger partial charge in [0.05, 0.1) is 24.8 Å². The first kappa shape index (κ1) is 23.8. The summed E-state index contributed by atoms with van der Waals surface area (Å²) in [5.41, 5.74) is 2.86. The molecule has 0 aliphatic carbocycles. The van der Waals surface area contributed by atoms with Crippen molar-refractivity contribution in [2.75, 3.05) is 26.1 Å². The molecule has 4 rings (SSSR count). The zero-order valence-corrected chi connectivity index (χ0v) is 20.0. The number of para-hydroxylation sites is 1. The molecule has 2 aromatic carbocycles. The van der Waals surface area contributed by atoms with E-state index in [2.05, 4.69) is 10.4 Å². The summed E-state index contributed by atoms with van der Waals surface area (Å²) in [6, 6.07) is 18.6. The fraction of sp³-hybridized carbons (Fsp3) is 0.115. The van der Waals surface area contributed by atoms with E-state index in [0.29, 0.717) is 17.2 Å². The number of carbonyl (C=O) groups excluding carboxylic acids is 2. The van der Waals surface area contributed by atoms with Gasteiger partial charge in [0.25, 0.3) is 5.91 Å². The molecule has 0 unspecified atom stereocenters. The lowest BCUT2D eigenvalue weighted by Gasteiger charge is -2.09. The summed E-state index contributed by atoms with van der Waals surface area (Å²) >= 11 is 1.56. The molecule has 8 nitrogen and oxygen atoms in total. The highest BCUT2D eigenvalue weighted by Crippen LogP contribution is 2.29. The molecule has 1 N–H and O–H groups in total. The van der Waals surface area contributed by atoms with Crippen LogP contribution in [0.2, 0.25) is 0 Å². The monoisotopic (exact) mass is 489 g/mol. The molecule has 4 aromatic rings. The van der Waals surface area contributed by atoms with Crippen molar-refractivity contribution in [3.8, 4) is 27.8 Å². The number of amides is 1. The number of nitrogens with zero attached hydrogens (tertiary/aromatic N) is 2. The number of rotatable bonds is 9. The number of thiophene rings is 1. The number of methoxy groups -OCH3 is 2. The van der Waals surface area contributed by atoms with Gasteiger partial charge in [-0.3, -0.25) is 4.79 Å². The molecule has 0 radical (unpaired) electrons. The predicted molar refractivity (Wildman–Crippen MR) is 135 cm³/mol. The zero-order valence-electron chi connectivity index (χ0n) is 19.1. The number of anilines is 1. The van der Waals surface area contributed by atoms with Gasteiger partial charge in [0.1, 0.15) is 17.2 Å². The van der Waals surface area contributed by atoms with Crippen LogP contribution in [0.25, 0.3) is 22.3 Å². The van der Waals surface area contributed by atoms with Crippen LogP contribution in [0.15, 0.2) is 78.3 Å². The highest BCUT2D eigenvalue weighted by atomic mass is 32.1. The van der Waals surface area contributed by atoms with Gasteiger partial charge in [0.15, 0.2) is 6.61 Å². The Kier molecular flexibility index (Phi) is 7.59. The minimum absolute atomic E-state index is 0.441. The highest BCUT2D eigenvalue weighted by Gasteiger charge is 2.13. The molecule has 0 aliphatic rings. The van der Waals surface area contributed by atoms with Crippen molar-refractivity contribution < 1.29 is 23.8 Å². The fourth-order valence-electron chi connectivity index (χ4n) is 3.25. The van der Waals surface area contributed by atoms with Crippen LogP contribution < -0.4 is 14.8 Å². The minimum atomic E-state index is -0.645. The van der Waals surface area contributed by atoms with E-state index in [1.54, 1.807) is 40.3 Å². The number of carbonyl (C=O) groups is 2. The van der Waals surface area contributed by atoms with Crippen molar-refractivity contribution in [2.45, 2.75) is 0 Å². The minimum Gasteiger partial charge on any atom is -0.497 e. The van der Waals surface area contributed by atoms with Gasteiger partial charge in [-0.1, -0.05) is 24.3 Å². The molecule has 0 fully saturated rings. The van der Waals surface area contributed by atoms with Crippen LogP contribution in [0.1, 0.15) is 5.56 Å². The average Bonchev–Trinajstić information content (AvgIpc) is 3.56. The molecule has 2 aromatic heterocycles. The third-order valence-corrected chi connectivity index (χ3v) is 5.77. The van der Waals surface area contributed by atoms with Crippen LogP contribution in [-0.4, -0.2) is 42.5 Å². The molecule has 0 saturated carbocycles. The van der Waals surface area contributed by atoms with E-state index in [1.165, 1.54) is 20.3 Å². The number of nitrogens with one attached hydrogen (secondary N) is 1. The molecule has 1 amide bonds. The summed E-state index contributed by atoms with van der Waals surface area (Å²) in [7, 11) is 3.03. The van der Waals surface area contributed by atoms with Crippen LogP contribution in [0.3, 0.4) is 0 Å². The molecule has 35 heavy (non-hydrogen) atoms. The summed E-state index contributed by atoms with van der Waals surface area (Å²) in [4.78, 5) is 25.5. The summed E-state index contributed by atoms with van der Waals surface area (Å²) in [5, 5.41) is 9.31. The summed E-state index contributed by atoms with van der Waals surface area (Å²) in [6.45, 7) is -0.441. The number of aromatic nitrogens is 2. The van der Waals surface area contributed by atoms with Crippen LogP contribution in [-0.2, 0) is 14.3 Å². The quantitative estimate of drug-likeness (QED) is 0.268. The summed E-state index contributed by atoms with van der Waals surface area (Å²) < 4.78 is 17.2. The third-order valence-electron chi connectivity index (χ3n) is 4.90. The van der Waals surface area contributed by atoms with Crippen LogP contribution in [0, 0.1) is 0 Å². The topological polar surface area (TPSA) is 91.7 Å². The fourth-order valence-corrected chi connectivity index (χ4v) is 3.98. The maximum absolute atomic E-state index is 12.3. The first-order chi connectivity index (χ1) is 17.1. The van der Waals surface area contributed by atoms with E-state index >= 15 is 0 Å². The Morgan fingerprint density at radius 2 is 1.77 bits per heavy atom. The van der Waals surface area contributed by atoms with Crippen molar-refractivity contribution in [3.05, 3.63) is 83.9 Å². The molecular weight excluding hydrogens is 466 g/mol. The second kappa shape index (κ2) is 11.2. The van der Waals surface area contributed by atoms with E-state index in [9.17, 15) is 9.59 Å². The molecule has 0 bridgehead atoms. The largest absolute Gasteiger partial charge is 0.497 e. The van der Waals surface area contributed by atoms with Gasteiger partial charge in [0.2, 0.25) is 0 Å². The Hall–Kier alpha value is -4.37. The molecule has 0 saturated heterocycles. The predicted octanol–water partition coefficient (Wildman–Crippen LogP) is 4.81. The van der Waals surface area contributed by atoms with Gasteiger partial charge < -0.3 is 19.5 Å². The molecule has 178 valence electrons. The van der Waals surface area contributed by atoms with Gasteiger partial charge in [-0.2, -0.15) is 5.10 Å². The summed E-state index contributed by atoms with van der Waals surface area (Å²) in [6.07, 6.45) is 4.76. The average molecular weight is 490 g/mol. The second-order valence-corrected chi connectivity index (χ2v) is 8.23. The Morgan fingerprint density at radius 3 is 2.43 bits per heavy atom. The lowest BCUT2D eigenvalue weighted by molar-refractivity contribution is -0.142. The Labute approximate surface area is 206 Å². The van der Waals surface area contributed by atoms with Crippen LogP contribution >= 0.6 is 11.3 Å². The summed E-state index contributed by atoms with van der Waals surface area (Å²) in [5.74, 6) is -0.0828.